The average molecular weight is 464 g/mol. The van der Waals surface area contributed by atoms with Crippen LogP contribution in [0.25, 0.3) is 0 Å². The Bertz CT molecular complexity index is 1290. The maximum absolute atomic E-state index is 13.9. The second kappa shape index (κ2) is 9.70. The van der Waals surface area contributed by atoms with Crippen molar-refractivity contribution in [3.05, 3.63) is 88.1 Å². The number of amides is 1. The highest BCUT2D eigenvalue weighted by Crippen LogP contribution is 2.30. The number of furan rings is 1. The molecule has 0 bridgehead atoms. The molecular formula is C25H21FN2O6. The van der Waals surface area contributed by atoms with Crippen LogP contribution < -0.4 is 10.2 Å². The molecular weight excluding hydrogens is 443 g/mol. The first-order valence-electron chi connectivity index (χ1n) is 10.5. The van der Waals surface area contributed by atoms with Crippen LogP contribution in [0.5, 0.6) is 5.75 Å². The Morgan fingerprint density at radius 1 is 1.03 bits per heavy atom. The van der Waals surface area contributed by atoms with Crippen LogP contribution >= 0.6 is 0 Å². The molecule has 0 radical (unpaired) electrons. The zero-order valence-electron chi connectivity index (χ0n) is 18.5. The van der Waals surface area contributed by atoms with Gasteiger partial charge in [-0.2, -0.15) is 5.10 Å². The lowest BCUT2D eigenvalue weighted by Gasteiger charge is -2.13. The molecule has 0 fully saturated rings. The van der Waals surface area contributed by atoms with Crippen LogP contribution in [-0.4, -0.2) is 30.7 Å². The standard InChI is InChI=1S/C25H21FN2O6/c1-14-21-19(27-28-23(29)17-6-3-4-7-18(17)26)8-5-9-20(21)34-22(14)25(31)33-16-12-10-15(11-13-16)24(30)32-2/h3-4,6-7,10-13H,5,8-9H2,1-2H3,(H,28,29)/b27-19+. The van der Waals surface area contributed by atoms with Crippen molar-refractivity contribution < 1.29 is 32.7 Å². The first-order valence-corrected chi connectivity index (χ1v) is 10.5. The number of carbonyl (C=O) groups excluding carboxylic acids is 3. The lowest BCUT2D eigenvalue weighted by Crippen LogP contribution is -2.23. The zero-order valence-corrected chi connectivity index (χ0v) is 18.5. The minimum Gasteiger partial charge on any atom is -0.465 e. The van der Waals surface area contributed by atoms with Gasteiger partial charge in [-0.05, 0) is 56.2 Å². The number of methoxy groups -OCH3 is 1. The van der Waals surface area contributed by atoms with Crippen molar-refractivity contribution in [3.63, 3.8) is 0 Å². The molecule has 0 saturated heterocycles. The molecule has 1 aliphatic carbocycles. The topological polar surface area (TPSA) is 107 Å². The van der Waals surface area contributed by atoms with Crippen LogP contribution in [0.4, 0.5) is 4.39 Å². The monoisotopic (exact) mass is 464 g/mol. The molecule has 1 amide bonds. The summed E-state index contributed by atoms with van der Waals surface area (Å²) in [7, 11) is 1.28. The fourth-order valence-corrected chi connectivity index (χ4v) is 3.73. The third kappa shape index (κ3) is 4.59. The first kappa shape index (κ1) is 22.9. The molecule has 9 heteroatoms. The Morgan fingerprint density at radius 2 is 1.76 bits per heavy atom. The fraction of sp³-hybridized carbons (Fsp3) is 0.200. The van der Waals surface area contributed by atoms with Gasteiger partial charge >= 0.3 is 11.9 Å². The summed E-state index contributed by atoms with van der Waals surface area (Å²) < 4.78 is 29.7. The Kier molecular flexibility index (Phi) is 6.53. The van der Waals surface area contributed by atoms with Crippen molar-refractivity contribution in [1.29, 1.82) is 0 Å². The summed E-state index contributed by atoms with van der Waals surface area (Å²) in [6, 6.07) is 11.5. The number of nitrogens with one attached hydrogen (secondary N) is 1. The maximum atomic E-state index is 13.9. The molecule has 34 heavy (non-hydrogen) atoms. The molecule has 3 aromatic rings. The summed E-state index contributed by atoms with van der Waals surface area (Å²) in [5.41, 5.74) is 4.30. The Balaban J connectivity index is 1.53. The van der Waals surface area contributed by atoms with Gasteiger partial charge in [0.15, 0.2) is 0 Å². The van der Waals surface area contributed by atoms with Gasteiger partial charge in [0.25, 0.3) is 5.91 Å². The molecule has 174 valence electrons. The highest BCUT2D eigenvalue weighted by Gasteiger charge is 2.29. The summed E-state index contributed by atoms with van der Waals surface area (Å²) in [6.07, 6.45) is 1.85. The van der Waals surface area contributed by atoms with Crippen molar-refractivity contribution >= 4 is 23.6 Å². The van der Waals surface area contributed by atoms with E-state index >= 15 is 0 Å². The number of hydrogen-bond donors (Lipinski definition) is 1. The Morgan fingerprint density at radius 3 is 2.47 bits per heavy atom. The molecule has 1 aliphatic rings. The van der Waals surface area contributed by atoms with E-state index in [2.05, 4.69) is 15.3 Å². The van der Waals surface area contributed by atoms with E-state index < -0.39 is 23.7 Å². The molecule has 0 spiro atoms. The normalized spacial score (nSPS) is 13.8. The summed E-state index contributed by atoms with van der Waals surface area (Å²) in [5, 5.41) is 4.19. The number of carbonyl (C=O) groups is 3. The van der Waals surface area contributed by atoms with Gasteiger partial charge < -0.3 is 13.9 Å². The van der Waals surface area contributed by atoms with E-state index in [0.717, 1.165) is 0 Å². The van der Waals surface area contributed by atoms with E-state index in [0.29, 0.717) is 47.4 Å². The van der Waals surface area contributed by atoms with E-state index in [1.807, 2.05) is 0 Å². The molecule has 1 heterocycles. The molecule has 8 nitrogen and oxygen atoms in total. The van der Waals surface area contributed by atoms with Gasteiger partial charge in [0, 0.05) is 17.5 Å². The number of rotatable bonds is 5. The minimum atomic E-state index is -0.701. The van der Waals surface area contributed by atoms with Crippen LogP contribution in [0.2, 0.25) is 0 Å². The second-order valence-electron chi connectivity index (χ2n) is 7.59. The van der Waals surface area contributed by atoms with Gasteiger partial charge in [0.2, 0.25) is 5.76 Å². The second-order valence-corrected chi connectivity index (χ2v) is 7.59. The van der Waals surface area contributed by atoms with Gasteiger partial charge in [0.1, 0.15) is 17.3 Å². The van der Waals surface area contributed by atoms with Crippen LogP contribution in [0.1, 0.15) is 61.0 Å². The fourth-order valence-electron chi connectivity index (χ4n) is 3.73. The van der Waals surface area contributed by atoms with E-state index in [-0.39, 0.29) is 17.1 Å². The molecule has 0 unspecified atom stereocenters. The van der Waals surface area contributed by atoms with Gasteiger partial charge in [-0.1, -0.05) is 12.1 Å². The third-order valence-electron chi connectivity index (χ3n) is 5.41. The number of fused-ring (bicyclic) bond motifs is 1. The van der Waals surface area contributed by atoms with Crippen molar-refractivity contribution in [3.8, 4) is 5.75 Å². The highest BCUT2D eigenvalue weighted by molar-refractivity contribution is 6.06. The smallest absolute Gasteiger partial charge is 0.379 e. The van der Waals surface area contributed by atoms with E-state index in [1.54, 1.807) is 13.0 Å². The van der Waals surface area contributed by atoms with Crippen LogP contribution in [-0.2, 0) is 11.2 Å². The molecule has 1 N–H and O–H groups in total. The van der Waals surface area contributed by atoms with Gasteiger partial charge in [-0.15, -0.1) is 0 Å². The first-order chi connectivity index (χ1) is 16.4. The third-order valence-corrected chi connectivity index (χ3v) is 5.41. The minimum absolute atomic E-state index is 0.0251. The summed E-state index contributed by atoms with van der Waals surface area (Å²) >= 11 is 0. The summed E-state index contributed by atoms with van der Waals surface area (Å²) in [4.78, 5) is 36.6. The van der Waals surface area contributed by atoms with E-state index in [9.17, 15) is 18.8 Å². The molecule has 4 rings (SSSR count). The van der Waals surface area contributed by atoms with Crippen molar-refractivity contribution in [2.24, 2.45) is 5.10 Å². The Hall–Kier alpha value is -4.27. The van der Waals surface area contributed by atoms with Gasteiger partial charge in [-0.3, -0.25) is 4.79 Å². The molecule has 0 saturated carbocycles. The summed E-state index contributed by atoms with van der Waals surface area (Å²) in [5.74, 6) is -1.69. The Labute approximate surface area is 194 Å². The molecule has 1 aromatic heterocycles. The lowest BCUT2D eigenvalue weighted by molar-refractivity contribution is 0.0600. The number of esters is 2. The number of hydrazone groups is 1. The van der Waals surface area contributed by atoms with Crippen LogP contribution in [0, 0.1) is 12.7 Å². The molecule has 0 atom stereocenters. The van der Waals surface area contributed by atoms with Crippen molar-refractivity contribution in [1.82, 2.24) is 5.43 Å². The molecule has 2 aromatic carbocycles. The number of ether oxygens (including phenoxy) is 2. The quantitative estimate of drug-likeness (QED) is 0.345. The lowest BCUT2D eigenvalue weighted by atomic mass is 9.93. The number of nitrogens with zero attached hydrogens (tertiary/aromatic N) is 1. The number of hydrogen-bond acceptors (Lipinski definition) is 7. The molecule has 0 aliphatic heterocycles. The number of aryl methyl sites for hydroxylation is 1. The van der Waals surface area contributed by atoms with Crippen molar-refractivity contribution in [2.75, 3.05) is 7.11 Å². The zero-order chi connectivity index (χ0) is 24.2. The largest absolute Gasteiger partial charge is 0.465 e. The van der Waals surface area contributed by atoms with Gasteiger partial charge in [-0.25, -0.2) is 19.4 Å². The highest BCUT2D eigenvalue weighted by atomic mass is 19.1. The average Bonchev–Trinajstić information content (AvgIpc) is 3.20. The van der Waals surface area contributed by atoms with Gasteiger partial charge in [0.05, 0.1) is 23.9 Å². The van der Waals surface area contributed by atoms with Crippen LogP contribution in [0.3, 0.4) is 0 Å². The predicted molar refractivity (Wildman–Crippen MR) is 120 cm³/mol. The van der Waals surface area contributed by atoms with Crippen LogP contribution in [0.15, 0.2) is 58.0 Å². The predicted octanol–water partition coefficient (Wildman–Crippen LogP) is 4.20. The van der Waals surface area contributed by atoms with E-state index in [1.165, 1.54) is 49.6 Å². The summed E-state index contributed by atoms with van der Waals surface area (Å²) in [6.45, 7) is 1.71. The van der Waals surface area contributed by atoms with Crippen molar-refractivity contribution in [2.45, 2.75) is 26.2 Å². The maximum Gasteiger partial charge on any atom is 0.379 e. The number of benzene rings is 2. The SMILES string of the molecule is COC(=O)c1ccc(OC(=O)c2oc3c(c2C)/C(=N/NC(=O)c2ccccc2F)CCC3)cc1. The van der Waals surface area contributed by atoms with E-state index in [4.69, 9.17) is 9.15 Å². The number of halogens is 1.